The first-order chi connectivity index (χ1) is 8.65. The monoisotopic (exact) mass is 248 g/mol. The first-order valence-electron chi connectivity index (χ1n) is 6.74. The standard InChI is InChI=1S/C13H20N4O/c1-8(2)13-15-11(5-12(18)16-13)17-4-3-9-6-14-7-10(9)17/h5,8-10,14H,3-4,6-7H2,1-2H3,(H,15,16,18)/t9-,10+/m0/s1. The molecule has 3 rings (SSSR count). The van der Waals surface area contributed by atoms with Crippen molar-refractivity contribution in [1.82, 2.24) is 15.3 Å². The van der Waals surface area contributed by atoms with Crippen LogP contribution in [0.4, 0.5) is 5.82 Å². The summed E-state index contributed by atoms with van der Waals surface area (Å²) in [6.07, 6.45) is 1.20. The molecular formula is C13H20N4O. The van der Waals surface area contributed by atoms with E-state index in [9.17, 15) is 4.79 Å². The molecule has 2 fully saturated rings. The minimum Gasteiger partial charge on any atom is -0.352 e. The molecule has 2 N–H and O–H groups in total. The molecule has 5 nitrogen and oxygen atoms in total. The third-order valence-electron chi connectivity index (χ3n) is 4.03. The van der Waals surface area contributed by atoms with E-state index in [0.29, 0.717) is 12.0 Å². The average molecular weight is 248 g/mol. The number of rotatable bonds is 2. The van der Waals surface area contributed by atoms with E-state index >= 15 is 0 Å². The number of anilines is 1. The summed E-state index contributed by atoms with van der Waals surface area (Å²) in [6, 6.07) is 2.14. The zero-order chi connectivity index (χ0) is 12.7. The maximum absolute atomic E-state index is 11.7. The predicted molar refractivity (Wildman–Crippen MR) is 71.1 cm³/mol. The van der Waals surface area contributed by atoms with Crippen LogP contribution in [0.2, 0.25) is 0 Å². The lowest BCUT2D eigenvalue weighted by Gasteiger charge is -2.24. The molecule has 18 heavy (non-hydrogen) atoms. The zero-order valence-electron chi connectivity index (χ0n) is 10.9. The van der Waals surface area contributed by atoms with E-state index in [0.717, 1.165) is 31.3 Å². The second kappa shape index (κ2) is 4.39. The van der Waals surface area contributed by atoms with Gasteiger partial charge in [0, 0.05) is 37.7 Å². The molecule has 0 bridgehead atoms. The van der Waals surface area contributed by atoms with Crippen molar-refractivity contribution in [3.63, 3.8) is 0 Å². The van der Waals surface area contributed by atoms with E-state index in [1.165, 1.54) is 6.42 Å². The summed E-state index contributed by atoms with van der Waals surface area (Å²) in [5.41, 5.74) is -0.0434. The van der Waals surface area contributed by atoms with Crippen molar-refractivity contribution >= 4 is 5.82 Å². The Morgan fingerprint density at radius 3 is 3.06 bits per heavy atom. The van der Waals surface area contributed by atoms with Gasteiger partial charge in [0.1, 0.15) is 11.6 Å². The summed E-state index contributed by atoms with van der Waals surface area (Å²) < 4.78 is 0. The highest BCUT2D eigenvalue weighted by molar-refractivity contribution is 5.42. The molecule has 0 saturated carbocycles. The van der Waals surface area contributed by atoms with Gasteiger partial charge in [-0.2, -0.15) is 0 Å². The van der Waals surface area contributed by atoms with E-state index in [1.54, 1.807) is 6.07 Å². The summed E-state index contributed by atoms with van der Waals surface area (Å²) in [4.78, 5) is 21.5. The smallest absolute Gasteiger partial charge is 0.252 e. The lowest BCUT2D eigenvalue weighted by Crippen LogP contribution is -2.35. The Kier molecular flexibility index (Phi) is 2.86. The molecule has 0 spiro atoms. The lowest BCUT2D eigenvalue weighted by atomic mass is 10.1. The van der Waals surface area contributed by atoms with Gasteiger partial charge in [0.05, 0.1) is 0 Å². The largest absolute Gasteiger partial charge is 0.352 e. The van der Waals surface area contributed by atoms with Crippen molar-refractivity contribution in [1.29, 1.82) is 0 Å². The molecule has 2 aliphatic heterocycles. The minimum absolute atomic E-state index is 0.0434. The fraction of sp³-hybridized carbons (Fsp3) is 0.692. The summed E-state index contributed by atoms with van der Waals surface area (Å²) in [5, 5.41) is 3.42. The van der Waals surface area contributed by atoms with E-state index in [2.05, 4.69) is 20.2 Å². The Morgan fingerprint density at radius 2 is 2.28 bits per heavy atom. The van der Waals surface area contributed by atoms with Crippen LogP contribution in [0.3, 0.4) is 0 Å². The van der Waals surface area contributed by atoms with Gasteiger partial charge in [0.15, 0.2) is 0 Å². The number of aromatic nitrogens is 2. The van der Waals surface area contributed by atoms with Crippen molar-refractivity contribution in [3.05, 3.63) is 22.2 Å². The Morgan fingerprint density at radius 1 is 1.44 bits per heavy atom. The van der Waals surface area contributed by atoms with Crippen molar-refractivity contribution in [3.8, 4) is 0 Å². The number of nitrogens with one attached hydrogen (secondary N) is 2. The SMILES string of the molecule is CC(C)c1nc(N2CC[C@H]3CNC[C@H]32)cc(=O)[nH]1. The van der Waals surface area contributed by atoms with Crippen LogP contribution in [0.5, 0.6) is 0 Å². The second-order valence-corrected chi connectivity index (χ2v) is 5.61. The Hall–Kier alpha value is -1.36. The van der Waals surface area contributed by atoms with Gasteiger partial charge in [-0.15, -0.1) is 0 Å². The molecule has 1 aromatic heterocycles. The highest BCUT2D eigenvalue weighted by atomic mass is 16.1. The topological polar surface area (TPSA) is 61.0 Å². The van der Waals surface area contributed by atoms with E-state index < -0.39 is 0 Å². The summed E-state index contributed by atoms with van der Waals surface area (Å²) in [7, 11) is 0. The number of hydrogen-bond donors (Lipinski definition) is 2. The van der Waals surface area contributed by atoms with Gasteiger partial charge in [-0.05, 0) is 12.3 Å². The van der Waals surface area contributed by atoms with E-state index in [-0.39, 0.29) is 11.5 Å². The molecule has 0 aliphatic carbocycles. The van der Waals surface area contributed by atoms with Crippen molar-refractivity contribution in [2.45, 2.75) is 32.2 Å². The molecule has 0 aromatic carbocycles. The summed E-state index contributed by atoms with van der Waals surface area (Å²) in [6.45, 7) is 7.22. The average Bonchev–Trinajstić information content (AvgIpc) is 2.89. The Balaban J connectivity index is 1.94. The minimum atomic E-state index is -0.0434. The van der Waals surface area contributed by atoms with Crippen LogP contribution >= 0.6 is 0 Å². The number of H-pyrrole nitrogens is 1. The van der Waals surface area contributed by atoms with Crippen LogP contribution in [-0.4, -0.2) is 35.6 Å². The van der Waals surface area contributed by atoms with Crippen LogP contribution in [0, 0.1) is 5.92 Å². The van der Waals surface area contributed by atoms with Crippen LogP contribution in [0.15, 0.2) is 10.9 Å². The normalized spacial score (nSPS) is 26.9. The van der Waals surface area contributed by atoms with Crippen molar-refractivity contribution in [2.75, 3.05) is 24.5 Å². The quantitative estimate of drug-likeness (QED) is 0.808. The third kappa shape index (κ3) is 1.92. The van der Waals surface area contributed by atoms with E-state index in [4.69, 9.17) is 0 Å². The summed E-state index contributed by atoms with van der Waals surface area (Å²) in [5.74, 6) is 2.59. The van der Waals surface area contributed by atoms with E-state index in [1.807, 2.05) is 13.8 Å². The fourth-order valence-electron chi connectivity index (χ4n) is 3.02. The first-order valence-corrected chi connectivity index (χ1v) is 6.74. The lowest BCUT2D eigenvalue weighted by molar-refractivity contribution is 0.576. The van der Waals surface area contributed by atoms with Crippen LogP contribution in [0.25, 0.3) is 0 Å². The zero-order valence-corrected chi connectivity index (χ0v) is 10.9. The van der Waals surface area contributed by atoms with Crippen molar-refractivity contribution in [2.24, 2.45) is 5.92 Å². The molecule has 3 heterocycles. The van der Waals surface area contributed by atoms with Gasteiger partial charge in [0.25, 0.3) is 5.56 Å². The second-order valence-electron chi connectivity index (χ2n) is 5.61. The number of hydrogen-bond acceptors (Lipinski definition) is 4. The van der Waals surface area contributed by atoms with Gasteiger partial charge in [-0.1, -0.05) is 13.8 Å². The molecule has 2 saturated heterocycles. The molecule has 0 unspecified atom stereocenters. The number of fused-ring (bicyclic) bond motifs is 1. The van der Waals surface area contributed by atoms with Gasteiger partial charge >= 0.3 is 0 Å². The van der Waals surface area contributed by atoms with Crippen LogP contribution in [-0.2, 0) is 0 Å². The highest BCUT2D eigenvalue weighted by Gasteiger charge is 2.38. The first kappa shape index (κ1) is 11.7. The van der Waals surface area contributed by atoms with Gasteiger partial charge < -0.3 is 15.2 Å². The van der Waals surface area contributed by atoms with Gasteiger partial charge in [-0.3, -0.25) is 4.79 Å². The molecule has 0 amide bonds. The molecule has 0 radical (unpaired) electrons. The molecule has 2 aliphatic rings. The molecule has 2 atom stereocenters. The third-order valence-corrected chi connectivity index (χ3v) is 4.03. The van der Waals surface area contributed by atoms with Crippen molar-refractivity contribution < 1.29 is 0 Å². The Labute approximate surface area is 107 Å². The number of nitrogens with zero attached hydrogens (tertiary/aromatic N) is 2. The molecule has 98 valence electrons. The molecule has 1 aromatic rings. The van der Waals surface area contributed by atoms with Crippen LogP contribution < -0.4 is 15.8 Å². The highest BCUT2D eigenvalue weighted by Crippen LogP contribution is 2.30. The fourth-order valence-corrected chi connectivity index (χ4v) is 3.02. The predicted octanol–water partition coefficient (Wildman–Crippen LogP) is 0.691. The van der Waals surface area contributed by atoms with Crippen LogP contribution in [0.1, 0.15) is 32.0 Å². The molecule has 5 heteroatoms. The maximum atomic E-state index is 11.7. The Bertz CT molecular complexity index is 496. The van der Waals surface area contributed by atoms with Gasteiger partial charge in [0.2, 0.25) is 0 Å². The molecular weight excluding hydrogens is 228 g/mol. The summed E-state index contributed by atoms with van der Waals surface area (Å²) >= 11 is 0. The maximum Gasteiger partial charge on any atom is 0.252 e. The van der Waals surface area contributed by atoms with Gasteiger partial charge in [-0.25, -0.2) is 4.98 Å². The number of aromatic amines is 1.